The van der Waals surface area contributed by atoms with Crippen molar-refractivity contribution in [2.75, 3.05) is 24.5 Å². The molecule has 3 N–H and O–H groups in total. The quantitative estimate of drug-likeness (QED) is 0.331. The fourth-order valence-corrected chi connectivity index (χ4v) is 4.43. The van der Waals surface area contributed by atoms with Crippen molar-refractivity contribution in [1.82, 2.24) is 19.5 Å². The van der Waals surface area contributed by atoms with Crippen molar-refractivity contribution in [1.29, 1.82) is 0 Å². The van der Waals surface area contributed by atoms with Gasteiger partial charge in [0.05, 0.1) is 31.8 Å². The highest BCUT2D eigenvalue weighted by atomic mass is 31.2. The molecule has 3 aromatic rings. The number of rotatable bonds is 9. The molecule has 2 aromatic heterocycles. The van der Waals surface area contributed by atoms with Gasteiger partial charge < -0.3 is 15.0 Å². The topological polar surface area (TPSA) is 164 Å². The summed E-state index contributed by atoms with van der Waals surface area (Å²) in [6, 6.07) is 7.78. The molecule has 1 unspecified atom stereocenters. The lowest BCUT2D eigenvalue weighted by atomic mass is 10.2. The summed E-state index contributed by atoms with van der Waals surface area (Å²) >= 11 is 0. The number of fused-ring (bicyclic) bond motifs is 1. The molecule has 4 rings (SSSR count). The molecule has 0 amide bonds. The summed E-state index contributed by atoms with van der Waals surface area (Å²) in [6.07, 6.45) is 3.12. The monoisotopic (exact) mass is 492 g/mol. The lowest BCUT2D eigenvalue weighted by molar-refractivity contribution is -0.139. The smallest absolute Gasteiger partial charge is 0.382 e. The molecule has 3 heterocycles. The summed E-state index contributed by atoms with van der Waals surface area (Å²) in [4.78, 5) is 40.1. The van der Waals surface area contributed by atoms with Crippen molar-refractivity contribution in [3.05, 3.63) is 43.0 Å². The molecule has 0 spiro atoms. The first kappa shape index (κ1) is 24.0. The Morgan fingerprint density at radius 3 is 2.82 bits per heavy atom. The number of para-hydroxylation sites is 1. The summed E-state index contributed by atoms with van der Waals surface area (Å²) < 4.78 is 29.8. The van der Waals surface area contributed by atoms with Gasteiger partial charge in [-0.1, -0.05) is 18.2 Å². The third-order valence-electron chi connectivity index (χ3n) is 5.31. The van der Waals surface area contributed by atoms with Crippen LogP contribution in [0.2, 0.25) is 0 Å². The molecule has 0 radical (unpaired) electrons. The number of benzene rings is 1. The van der Waals surface area contributed by atoms with E-state index in [1.807, 2.05) is 6.07 Å². The van der Waals surface area contributed by atoms with Gasteiger partial charge in [0, 0.05) is 0 Å². The molecule has 1 fully saturated rings. The average molecular weight is 492 g/mol. The maximum Gasteiger partial charge on any atom is 0.529 e. The van der Waals surface area contributed by atoms with Crippen LogP contribution in [0.3, 0.4) is 0 Å². The molecule has 0 aliphatic carbocycles. The predicted octanol–water partition coefficient (Wildman–Crippen LogP) is 2.20. The van der Waals surface area contributed by atoms with Gasteiger partial charge in [0.15, 0.2) is 17.5 Å². The van der Waals surface area contributed by atoms with E-state index in [-0.39, 0.29) is 12.4 Å². The standard InChI is InChI=1S/C20H25N6O7P/c1-13(26(30-2)14-6-4-3-5-7-14)20(27)33-34(28,29)31-10-15-8-9-16(32-15)25-12-24-17-18(21)22-11-23-19(17)25/h3-7,11-13,15-16H,8-10H2,1-2H3,(H,28,29)(H2,21,22,23)/t13-,15-,16+/m0/s1. The Balaban J connectivity index is 1.32. The number of hydrogen-bond acceptors (Lipinski definition) is 11. The number of hydrogen-bond donors (Lipinski definition) is 2. The van der Waals surface area contributed by atoms with Crippen molar-refractivity contribution in [3.8, 4) is 0 Å². The molecule has 1 aromatic carbocycles. The average Bonchev–Trinajstić information content (AvgIpc) is 3.46. The second-order valence-corrected chi connectivity index (χ2v) is 8.95. The zero-order valence-corrected chi connectivity index (χ0v) is 19.4. The number of hydroxylamine groups is 1. The van der Waals surface area contributed by atoms with E-state index in [9.17, 15) is 14.3 Å². The Labute approximate surface area is 195 Å². The summed E-state index contributed by atoms with van der Waals surface area (Å²) in [7, 11) is -3.31. The van der Waals surface area contributed by atoms with Gasteiger partial charge in [-0.25, -0.2) is 29.4 Å². The van der Waals surface area contributed by atoms with Gasteiger partial charge in [0.1, 0.15) is 18.1 Å². The van der Waals surface area contributed by atoms with Gasteiger partial charge in [-0.05, 0) is 31.9 Å². The summed E-state index contributed by atoms with van der Waals surface area (Å²) in [5.41, 5.74) is 7.38. The molecule has 1 aliphatic rings. The van der Waals surface area contributed by atoms with Crippen molar-refractivity contribution in [2.24, 2.45) is 0 Å². The highest BCUT2D eigenvalue weighted by molar-refractivity contribution is 7.48. The molecule has 1 saturated heterocycles. The number of imidazole rings is 1. The van der Waals surface area contributed by atoms with Gasteiger partial charge in [-0.3, -0.25) is 18.8 Å². The van der Waals surface area contributed by atoms with Gasteiger partial charge in [0.2, 0.25) is 0 Å². The van der Waals surface area contributed by atoms with E-state index in [0.717, 1.165) is 0 Å². The molecule has 1 aliphatic heterocycles. The van der Waals surface area contributed by atoms with Crippen LogP contribution < -0.4 is 10.8 Å². The maximum absolute atomic E-state index is 12.5. The Bertz CT molecular complexity index is 1190. The zero-order valence-electron chi connectivity index (χ0n) is 18.6. The van der Waals surface area contributed by atoms with Crippen LogP contribution in [0.4, 0.5) is 11.5 Å². The van der Waals surface area contributed by atoms with Gasteiger partial charge in [0.25, 0.3) is 0 Å². The van der Waals surface area contributed by atoms with Crippen molar-refractivity contribution in [3.63, 3.8) is 0 Å². The van der Waals surface area contributed by atoms with Crippen LogP contribution in [0.25, 0.3) is 11.2 Å². The minimum atomic E-state index is -4.69. The first-order valence-corrected chi connectivity index (χ1v) is 12.0. The van der Waals surface area contributed by atoms with E-state index in [1.54, 1.807) is 35.2 Å². The maximum atomic E-state index is 12.5. The fourth-order valence-electron chi connectivity index (χ4n) is 3.65. The second kappa shape index (κ2) is 10.0. The molecule has 13 nitrogen and oxygen atoms in total. The van der Waals surface area contributed by atoms with E-state index >= 15 is 0 Å². The fraction of sp³-hybridized carbons (Fsp3) is 0.400. The van der Waals surface area contributed by atoms with E-state index in [0.29, 0.717) is 29.7 Å². The third-order valence-corrected chi connectivity index (χ3v) is 6.20. The van der Waals surface area contributed by atoms with Crippen molar-refractivity contribution < 1.29 is 32.9 Å². The predicted molar refractivity (Wildman–Crippen MR) is 120 cm³/mol. The summed E-state index contributed by atoms with van der Waals surface area (Å²) in [5.74, 6) is -0.720. The molecule has 0 bridgehead atoms. The number of anilines is 2. The number of carbonyl (C=O) groups is 1. The van der Waals surface area contributed by atoms with Crippen LogP contribution in [-0.4, -0.2) is 56.2 Å². The number of phosphoric ester groups is 1. The number of ether oxygens (including phenoxy) is 1. The van der Waals surface area contributed by atoms with Gasteiger partial charge in [-0.2, -0.15) is 0 Å². The van der Waals surface area contributed by atoms with Crippen molar-refractivity contribution in [2.45, 2.75) is 38.1 Å². The zero-order chi connectivity index (χ0) is 24.3. The molecule has 4 atom stereocenters. The van der Waals surface area contributed by atoms with Crippen LogP contribution in [-0.2, 0) is 28.0 Å². The summed E-state index contributed by atoms with van der Waals surface area (Å²) in [5, 5.41) is 1.26. The lowest BCUT2D eigenvalue weighted by Gasteiger charge is -2.27. The highest BCUT2D eigenvalue weighted by Gasteiger charge is 2.35. The summed E-state index contributed by atoms with van der Waals surface area (Å²) in [6.45, 7) is 1.23. The number of aromatic nitrogens is 4. The van der Waals surface area contributed by atoms with Crippen LogP contribution in [0, 0.1) is 0 Å². The molecular formula is C20H25N6O7P. The number of phosphoric acid groups is 1. The third kappa shape index (κ3) is 5.18. The minimum absolute atomic E-state index is 0.248. The van der Waals surface area contributed by atoms with E-state index < -0.39 is 32.2 Å². The Morgan fingerprint density at radius 2 is 2.09 bits per heavy atom. The first-order chi connectivity index (χ1) is 16.3. The molecule has 14 heteroatoms. The van der Waals surface area contributed by atoms with Gasteiger partial charge in [-0.15, -0.1) is 0 Å². The Morgan fingerprint density at radius 1 is 1.32 bits per heavy atom. The minimum Gasteiger partial charge on any atom is -0.382 e. The van der Waals surface area contributed by atoms with Crippen LogP contribution in [0.15, 0.2) is 43.0 Å². The normalized spacial score (nSPS) is 20.7. The van der Waals surface area contributed by atoms with E-state index in [4.69, 9.17) is 24.4 Å². The van der Waals surface area contributed by atoms with Crippen LogP contribution in [0.5, 0.6) is 0 Å². The number of carbonyl (C=O) groups excluding carboxylic acids is 1. The number of nitrogens with zero attached hydrogens (tertiary/aromatic N) is 5. The largest absolute Gasteiger partial charge is 0.529 e. The van der Waals surface area contributed by atoms with Crippen LogP contribution in [0.1, 0.15) is 26.0 Å². The van der Waals surface area contributed by atoms with Gasteiger partial charge >= 0.3 is 13.8 Å². The molecule has 0 saturated carbocycles. The Kier molecular flexibility index (Phi) is 7.10. The van der Waals surface area contributed by atoms with E-state index in [2.05, 4.69) is 15.0 Å². The lowest BCUT2D eigenvalue weighted by Crippen LogP contribution is -2.39. The molecular weight excluding hydrogens is 467 g/mol. The SMILES string of the molecule is CON(c1ccccc1)[C@@H](C)C(=O)OP(=O)(O)OC[C@@H]1CC[C@H](n2cnc3c(N)ncnc32)O1. The number of nitrogens with two attached hydrogens (primary N) is 1. The van der Waals surface area contributed by atoms with Crippen LogP contribution >= 0.6 is 7.82 Å². The number of nitrogen functional groups attached to an aromatic ring is 1. The second-order valence-electron chi connectivity index (χ2n) is 7.57. The highest BCUT2D eigenvalue weighted by Crippen LogP contribution is 2.45. The molecule has 182 valence electrons. The molecule has 34 heavy (non-hydrogen) atoms. The Hall–Kier alpha value is -3.09. The first-order valence-electron chi connectivity index (χ1n) is 10.5. The van der Waals surface area contributed by atoms with Crippen molar-refractivity contribution >= 4 is 36.5 Å². The van der Waals surface area contributed by atoms with E-state index in [1.165, 1.54) is 25.4 Å².